The Morgan fingerprint density at radius 1 is 0.511 bits per heavy atom. The number of ketones is 2. The first-order valence-electron chi connectivity index (χ1n) is 30.2. The number of aliphatic hydroxyl groups is 8. The second-order valence-corrected chi connectivity index (χ2v) is 24.1. The summed E-state index contributed by atoms with van der Waals surface area (Å²) in [4.78, 5) is 94.0. The number of rotatable bonds is 36. The highest BCUT2D eigenvalue weighted by Crippen LogP contribution is 2.30. The molecule has 2 fully saturated rings. The Hall–Kier alpha value is -6.52. The third-order valence-corrected chi connectivity index (χ3v) is 16.6. The summed E-state index contributed by atoms with van der Waals surface area (Å²) >= 11 is 24.9. The maximum Gasteiger partial charge on any atom is 0.405 e. The number of esters is 2. The average Bonchev–Trinajstić information content (AvgIpc) is 0.956. The van der Waals surface area contributed by atoms with Gasteiger partial charge < -0.3 is 81.5 Å². The Bertz CT molecular complexity index is 2670. The van der Waals surface area contributed by atoms with Crippen LogP contribution in [0.2, 0.25) is 0 Å². The van der Waals surface area contributed by atoms with Crippen LogP contribution in [0.5, 0.6) is 0 Å². The molecule has 24 nitrogen and oxygen atoms in total. The lowest BCUT2D eigenvalue weighted by molar-refractivity contribution is -0.159. The number of hydrogen-bond donors (Lipinski definition) is 12. The second kappa shape index (κ2) is 45.8. The van der Waals surface area contributed by atoms with Gasteiger partial charge in [0.05, 0.1) is 48.5 Å². The third-order valence-electron chi connectivity index (χ3n) is 14.6. The lowest BCUT2D eigenvalue weighted by atomic mass is 9.85. The van der Waals surface area contributed by atoms with Crippen molar-refractivity contribution < 1.29 is 108 Å². The van der Waals surface area contributed by atoms with Crippen molar-refractivity contribution in [3.8, 4) is 0 Å². The minimum absolute atomic E-state index is 0.0584. The summed E-state index contributed by atoms with van der Waals surface area (Å²) < 4.78 is 20.2. The van der Waals surface area contributed by atoms with Crippen molar-refractivity contribution >= 4 is 94.0 Å². The van der Waals surface area contributed by atoms with Crippen LogP contribution in [-0.4, -0.2) is 183 Å². The van der Waals surface area contributed by atoms with Crippen LogP contribution in [0.25, 0.3) is 0 Å². The predicted octanol–water partition coefficient (Wildman–Crippen LogP) is 7.19. The molecule has 2 aliphatic carbocycles. The molecule has 524 valence electrons. The summed E-state index contributed by atoms with van der Waals surface area (Å²) in [5.74, 6) is -8.20. The number of hydrogen-bond acceptors (Lipinski definition) is 20. The van der Waals surface area contributed by atoms with E-state index in [-0.39, 0.29) is 35.7 Å². The molecule has 0 spiro atoms. The molecule has 0 heterocycles. The van der Waals surface area contributed by atoms with E-state index < -0.39 is 168 Å². The molecule has 0 aromatic heterocycles. The number of carbonyl (C=O) groups excluding carboxylic acids is 6. The van der Waals surface area contributed by atoms with E-state index in [2.05, 4.69) is 0 Å². The predicted molar refractivity (Wildman–Crippen MR) is 353 cm³/mol. The van der Waals surface area contributed by atoms with Gasteiger partial charge in [-0.05, 0) is 76.7 Å². The Balaban J connectivity index is 0.000000940. The normalized spacial score (nSPS) is 23.5. The molecular weight excluding hydrogens is 1310 g/mol. The van der Waals surface area contributed by atoms with E-state index in [0.717, 1.165) is 11.1 Å². The van der Waals surface area contributed by atoms with Gasteiger partial charge in [0.2, 0.25) is 0 Å². The van der Waals surface area contributed by atoms with Crippen molar-refractivity contribution in [2.45, 2.75) is 190 Å². The number of Topliss-reactive ketones (excluding diaryl/α,β-unsaturated/α-hetero) is 2. The Morgan fingerprint density at radius 2 is 0.830 bits per heavy atom. The first-order valence-corrected chi connectivity index (χ1v) is 31.8. The monoisotopic (exact) mass is 1400 g/mol. The molecule has 0 unspecified atom stereocenters. The van der Waals surface area contributed by atoms with E-state index >= 15 is 0 Å². The van der Waals surface area contributed by atoms with Crippen LogP contribution in [0, 0.1) is 23.7 Å². The number of allylic oxidation sites excluding steroid dienone is 18. The average molecular weight is 1410 g/mol. The van der Waals surface area contributed by atoms with E-state index in [9.17, 15) is 79.2 Å². The van der Waals surface area contributed by atoms with Crippen LogP contribution in [0.15, 0.2) is 143 Å². The van der Waals surface area contributed by atoms with E-state index in [1.165, 1.54) is 62.5 Å². The summed E-state index contributed by atoms with van der Waals surface area (Å²) in [5, 5.41) is 98.8. The molecule has 94 heavy (non-hydrogen) atoms. The number of nitrogens with two attached hydrogens (primary N) is 2. The van der Waals surface area contributed by atoms with Crippen LogP contribution >= 0.6 is 46.4 Å². The summed E-state index contributed by atoms with van der Waals surface area (Å²) in [5.41, 5.74) is 11.7. The molecule has 0 aromatic carbocycles. The van der Waals surface area contributed by atoms with Gasteiger partial charge in [-0.15, -0.1) is 23.2 Å². The zero-order valence-electron chi connectivity index (χ0n) is 53.0. The standard InChI is InChI=1S/2C33H45Cl2NO11/c2*1-4-5-13-26(47-33(36)45)29(35)24(38)18-25(39)31(42)30(41)20(3)22(34)12-8-6-10-19(2)11-7-9-14-28(40)46-27-17-21(32(43)44)15-16-23(27)37/h2*5-14,20-21,23-24,26-27,29-31,37-38,41-42H,4,15-18H2,1-3H3,(H2,36,45)(H,43,44)/b2*8-6+,11-7+,13-5+,14-9+,19-10+,22-12-/t20-,21-,23+,24-,26-,27-,29+,30-,31-;20-,21-,23-,24-,26-,27-,29+,30-,31-/m11/s1. The highest BCUT2D eigenvalue weighted by atomic mass is 35.5. The maximum atomic E-state index is 12.6. The summed E-state index contributed by atoms with van der Waals surface area (Å²) in [6.07, 6.45) is 13.9. The van der Waals surface area contributed by atoms with Gasteiger partial charge in [-0.1, -0.05) is 147 Å². The van der Waals surface area contributed by atoms with Gasteiger partial charge in [-0.2, -0.15) is 0 Å². The quantitative estimate of drug-likeness (QED) is 0.00737. The fourth-order valence-corrected chi connectivity index (χ4v) is 9.77. The van der Waals surface area contributed by atoms with Gasteiger partial charge in [0.25, 0.3) is 0 Å². The molecule has 0 saturated heterocycles. The molecule has 0 aliphatic heterocycles. The number of amides is 2. The van der Waals surface area contributed by atoms with Gasteiger partial charge in [-0.3, -0.25) is 19.2 Å². The van der Waals surface area contributed by atoms with Crippen LogP contribution < -0.4 is 11.5 Å². The molecule has 2 aliphatic rings. The van der Waals surface area contributed by atoms with E-state index in [1.807, 2.05) is 13.8 Å². The van der Waals surface area contributed by atoms with Gasteiger partial charge in [0.1, 0.15) is 47.4 Å². The number of halogens is 4. The SMILES string of the molecule is CC/C=C/[C@@H](OC(N)=O)[C@@H](Cl)[C@H](O)CC(=O)[C@@H](O)[C@H](O)[C@H](C)/C(Cl)=C/C=C/C=C(C)/C=C/C=C/C(=O)O[C@@H]1C[C@H](C(=O)O)CC[C@@H]1O.CC/C=C/[C@@H](OC(N)=O)[C@@H](Cl)[C@H](O)CC(=O)[C@@H](O)[C@H](O)[C@H](C)/C(Cl)=C/C=C/C=C(C)/C=C/C=C/C(=O)O[C@@H]1C[C@H](C(=O)O)CC[C@H]1O. The van der Waals surface area contributed by atoms with Gasteiger partial charge >= 0.3 is 36.1 Å². The molecule has 2 amide bonds. The van der Waals surface area contributed by atoms with Crippen molar-refractivity contribution in [1.29, 1.82) is 0 Å². The largest absolute Gasteiger partial charge is 0.481 e. The number of ether oxygens (including phenoxy) is 4. The van der Waals surface area contributed by atoms with Crippen molar-refractivity contribution in [3.63, 3.8) is 0 Å². The number of carbonyl (C=O) groups is 8. The molecule has 0 aromatic rings. The van der Waals surface area contributed by atoms with Crippen molar-refractivity contribution in [1.82, 2.24) is 0 Å². The number of primary amides is 2. The smallest absolute Gasteiger partial charge is 0.405 e. The minimum Gasteiger partial charge on any atom is -0.481 e. The number of carboxylic acids is 2. The Labute approximate surface area is 567 Å². The fourth-order valence-electron chi connectivity index (χ4n) is 8.91. The van der Waals surface area contributed by atoms with Crippen LogP contribution in [-0.2, 0) is 47.7 Å². The summed E-state index contributed by atoms with van der Waals surface area (Å²) in [6, 6.07) is 0. The molecule has 18 atom stereocenters. The van der Waals surface area contributed by atoms with Crippen LogP contribution in [0.4, 0.5) is 9.59 Å². The Kier molecular flexibility index (Phi) is 41.6. The zero-order chi connectivity index (χ0) is 71.4. The molecule has 0 radical (unpaired) electrons. The summed E-state index contributed by atoms with van der Waals surface area (Å²) in [7, 11) is 0. The molecule has 2 saturated carbocycles. The van der Waals surface area contributed by atoms with E-state index in [0.29, 0.717) is 25.7 Å². The van der Waals surface area contributed by atoms with Crippen molar-refractivity contribution in [3.05, 3.63) is 143 Å². The van der Waals surface area contributed by atoms with Crippen molar-refractivity contribution in [2.75, 3.05) is 0 Å². The van der Waals surface area contributed by atoms with Crippen LogP contribution in [0.3, 0.4) is 0 Å². The molecular formula is C66H90Cl4N2O22. The lowest BCUT2D eigenvalue weighted by Crippen LogP contribution is -2.43. The highest BCUT2D eigenvalue weighted by Gasteiger charge is 2.39. The number of carboxylic acid groups (broad SMARTS) is 2. The number of aliphatic hydroxyl groups excluding tert-OH is 8. The fraction of sp³-hybridized carbons (Fsp3) is 0.515. The van der Waals surface area contributed by atoms with E-state index in [4.69, 9.17) is 87.0 Å². The van der Waals surface area contributed by atoms with Gasteiger partial charge in [-0.25, -0.2) is 19.2 Å². The zero-order valence-corrected chi connectivity index (χ0v) is 56.1. The molecule has 0 bridgehead atoms. The first kappa shape index (κ1) is 85.5. The highest BCUT2D eigenvalue weighted by molar-refractivity contribution is 6.30. The van der Waals surface area contributed by atoms with Crippen molar-refractivity contribution in [2.24, 2.45) is 35.1 Å². The van der Waals surface area contributed by atoms with E-state index in [1.54, 1.807) is 86.8 Å². The minimum atomic E-state index is -1.89. The maximum absolute atomic E-state index is 12.6. The topological polar surface area (TPSA) is 428 Å². The van der Waals surface area contributed by atoms with Gasteiger partial charge in [0, 0.05) is 59.7 Å². The van der Waals surface area contributed by atoms with Gasteiger partial charge in [0.15, 0.2) is 11.6 Å². The summed E-state index contributed by atoms with van der Waals surface area (Å²) in [6.45, 7) is 10.2. The first-order chi connectivity index (χ1) is 44.2. The molecule has 2 rings (SSSR count). The molecule has 14 N–H and O–H groups in total. The third kappa shape index (κ3) is 33.2. The number of alkyl halides is 2. The molecule has 28 heteroatoms. The lowest BCUT2D eigenvalue weighted by Gasteiger charge is -2.30. The number of aliphatic carboxylic acids is 2. The second-order valence-electron chi connectivity index (χ2n) is 22.2. The van der Waals surface area contributed by atoms with Crippen LogP contribution in [0.1, 0.15) is 106 Å². The Morgan fingerprint density at radius 3 is 1.14 bits per heavy atom.